The van der Waals surface area contributed by atoms with Crippen LogP contribution in [0.5, 0.6) is 0 Å². The highest BCUT2D eigenvalue weighted by Gasteiger charge is 2.38. The molecule has 1 aliphatic heterocycles. The number of nitrogens with zero attached hydrogens (tertiary/aromatic N) is 1. The van der Waals surface area contributed by atoms with Crippen LogP contribution < -0.4 is 5.32 Å². The van der Waals surface area contributed by atoms with Crippen LogP contribution in [0.25, 0.3) is 0 Å². The first-order chi connectivity index (χ1) is 8.87. The van der Waals surface area contributed by atoms with Crippen LogP contribution in [0.3, 0.4) is 0 Å². The molecule has 0 bridgehead atoms. The smallest absolute Gasteiger partial charge is 0.311 e. The topological polar surface area (TPSA) is 15.3 Å². The zero-order chi connectivity index (χ0) is 14.0. The molecule has 2 unspecified atom stereocenters. The third-order valence-corrected chi connectivity index (χ3v) is 4.36. The largest absolute Gasteiger partial charge is 0.389 e. The molecule has 1 heterocycles. The van der Waals surface area contributed by atoms with E-state index in [-0.39, 0.29) is 6.42 Å². The van der Waals surface area contributed by atoms with Crippen molar-refractivity contribution in [2.75, 3.05) is 19.6 Å². The third-order valence-electron chi connectivity index (χ3n) is 4.36. The molecular weight excluding hydrogens is 253 g/mol. The van der Waals surface area contributed by atoms with Crippen molar-refractivity contribution in [3.8, 4) is 0 Å². The highest BCUT2D eigenvalue weighted by molar-refractivity contribution is 4.95. The number of rotatable bonds is 5. The number of alkyl halides is 3. The lowest BCUT2D eigenvalue weighted by Crippen LogP contribution is -2.59. The summed E-state index contributed by atoms with van der Waals surface area (Å²) in [7, 11) is 0. The van der Waals surface area contributed by atoms with Crippen molar-refractivity contribution in [2.24, 2.45) is 11.8 Å². The molecule has 1 saturated heterocycles. The van der Waals surface area contributed by atoms with Gasteiger partial charge < -0.3 is 5.32 Å². The van der Waals surface area contributed by atoms with E-state index >= 15 is 0 Å². The molecule has 0 aromatic carbocycles. The molecular formula is C14H25F3N2. The Bertz CT molecular complexity index is 287. The van der Waals surface area contributed by atoms with Gasteiger partial charge in [-0.1, -0.05) is 13.8 Å². The van der Waals surface area contributed by atoms with Crippen LogP contribution in [-0.4, -0.2) is 42.8 Å². The van der Waals surface area contributed by atoms with Crippen LogP contribution in [-0.2, 0) is 0 Å². The molecule has 0 amide bonds. The molecule has 1 aliphatic carbocycles. The Morgan fingerprint density at radius 1 is 1.26 bits per heavy atom. The van der Waals surface area contributed by atoms with Gasteiger partial charge in [0.05, 0.1) is 0 Å². The second-order valence-electron chi connectivity index (χ2n) is 6.38. The van der Waals surface area contributed by atoms with Crippen molar-refractivity contribution in [1.29, 1.82) is 0 Å². The van der Waals surface area contributed by atoms with Crippen LogP contribution in [0.4, 0.5) is 13.2 Å². The second kappa shape index (κ2) is 6.00. The van der Waals surface area contributed by atoms with Crippen molar-refractivity contribution in [1.82, 2.24) is 10.2 Å². The summed E-state index contributed by atoms with van der Waals surface area (Å²) in [4.78, 5) is 2.29. The maximum absolute atomic E-state index is 12.2. The molecule has 0 spiro atoms. The predicted octanol–water partition coefficient (Wildman–Crippen LogP) is 3.04. The summed E-state index contributed by atoms with van der Waals surface area (Å²) in [5.74, 6) is 1.25. The Labute approximate surface area is 113 Å². The van der Waals surface area contributed by atoms with E-state index in [2.05, 4.69) is 24.1 Å². The Morgan fingerprint density at radius 3 is 2.47 bits per heavy atom. The lowest BCUT2D eigenvalue weighted by molar-refractivity contribution is -0.136. The van der Waals surface area contributed by atoms with Gasteiger partial charge in [0, 0.05) is 31.6 Å². The molecule has 2 aliphatic rings. The van der Waals surface area contributed by atoms with Gasteiger partial charge in [-0.2, -0.15) is 13.2 Å². The van der Waals surface area contributed by atoms with E-state index in [9.17, 15) is 13.2 Å². The summed E-state index contributed by atoms with van der Waals surface area (Å²) in [5.41, 5.74) is 0. The molecule has 0 radical (unpaired) electrons. The van der Waals surface area contributed by atoms with Crippen LogP contribution in [0, 0.1) is 11.8 Å². The fourth-order valence-corrected chi connectivity index (χ4v) is 3.07. The van der Waals surface area contributed by atoms with Gasteiger partial charge in [0.2, 0.25) is 0 Å². The minimum absolute atomic E-state index is 0.226. The number of halogens is 3. The summed E-state index contributed by atoms with van der Waals surface area (Å²) < 4.78 is 36.7. The molecule has 112 valence electrons. The van der Waals surface area contributed by atoms with E-state index in [0.717, 1.165) is 19.0 Å². The van der Waals surface area contributed by atoms with Gasteiger partial charge >= 0.3 is 6.18 Å². The van der Waals surface area contributed by atoms with Gasteiger partial charge in [-0.25, -0.2) is 0 Å². The summed E-state index contributed by atoms with van der Waals surface area (Å²) in [6.07, 6.45) is -1.89. The molecule has 5 heteroatoms. The average Bonchev–Trinajstić information content (AvgIpc) is 3.10. The zero-order valence-corrected chi connectivity index (χ0v) is 11.8. The maximum Gasteiger partial charge on any atom is 0.389 e. The van der Waals surface area contributed by atoms with Crippen molar-refractivity contribution in [3.05, 3.63) is 0 Å². The maximum atomic E-state index is 12.2. The number of piperazine rings is 1. The molecule has 1 saturated carbocycles. The van der Waals surface area contributed by atoms with E-state index in [4.69, 9.17) is 0 Å². The Hall–Kier alpha value is -0.290. The lowest BCUT2D eigenvalue weighted by Gasteiger charge is -2.42. The van der Waals surface area contributed by atoms with Gasteiger partial charge in [-0.3, -0.25) is 4.90 Å². The second-order valence-corrected chi connectivity index (χ2v) is 6.38. The standard InChI is InChI=1S/C14H25F3N2/c1-10(2)13-8-18-12(11-4-5-11)9-19(13)7-3-6-14(15,16)17/h10-13,18H,3-9H2,1-2H3. The van der Waals surface area contributed by atoms with E-state index < -0.39 is 12.6 Å². The average molecular weight is 278 g/mol. The summed E-state index contributed by atoms with van der Waals surface area (Å²) in [6.45, 7) is 6.73. The molecule has 1 N–H and O–H groups in total. The first-order valence-corrected chi connectivity index (χ1v) is 7.41. The normalized spacial score (nSPS) is 30.0. The van der Waals surface area contributed by atoms with Crippen molar-refractivity contribution in [3.63, 3.8) is 0 Å². The highest BCUT2D eigenvalue weighted by atomic mass is 19.4. The van der Waals surface area contributed by atoms with Crippen LogP contribution >= 0.6 is 0 Å². The number of hydrogen-bond donors (Lipinski definition) is 1. The van der Waals surface area contributed by atoms with Gasteiger partial charge in [0.1, 0.15) is 0 Å². The fraction of sp³-hybridized carbons (Fsp3) is 1.00. The number of hydrogen-bond acceptors (Lipinski definition) is 2. The van der Waals surface area contributed by atoms with E-state index in [0.29, 0.717) is 24.5 Å². The number of nitrogens with one attached hydrogen (secondary N) is 1. The van der Waals surface area contributed by atoms with Crippen molar-refractivity contribution in [2.45, 2.75) is 57.8 Å². The SMILES string of the molecule is CC(C)C1CNC(C2CC2)CN1CCCC(F)(F)F. The minimum atomic E-state index is -4.02. The first kappa shape index (κ1) is 15.1. The van der Waals surface area contributed by atoms with Crippen LogP contribution in [0.15, 0.2) is 0 Å². The lowest BCUT2D eigenvalue weighted by atomic mass is 9.96. The fourth-order valence-electron chi connectivity index (χ4n) is 3.07. The van der Waals surface area contributed by atoms with E-state index in [1.165, 1.54) is 12.8 Å². The quantitative estimate of drug-likeness (QED) is 0.831. The molecule has 0 aromatic rings. The van der Waals surface area contributed by atoms with Crippen LogP contribution in [0.2, 0.25) is 0 Å². The molecule has 19 heavy (non-hydrogen) atoms. The molecule has 0 aromatic heterocycles. The summed E-state index contributed by atoms with van der Waals surface area (Å²) in [6, 6.07) is 0.879. The van der Waals surface area contributed by atoms with Crippen molar-refractivity contribution < 1.29 is 13.2 Å². The van der Waals surface area contributed by atoms with Gasteiger partial charge in [0.15, 0.2) is 0 Å². The molecule has 2 atom stereocenters. The van der Waals surface area contributed by atoms with E-state index in [1.54, 1.807) is 0 Å². The minimum Gasteiger partial charge on any atom is -0.311 e. The van der Waals surface area contributed by atoms with E-state index in [1.807, 2.05) is 0 Å². The van der Waals surface area contributed by atoms with Crippen molar-refractivity contribution >= 4 is 0 Å². The Balaban J connectivity index is 1.84. The zero-order valence-electron chi connectivity index (χ0n) is 11.8. The van der Waals surface area contributed by atoms with Gasteiger partial charge in [-0.05, 0) is 37.6 Å². The first-order valence-electron chi connectivity index (χ1n) is 7.41. The van der Waals surface area contributed by atoms with Gasteiger partial charge in [0.25, 0.3) is 0 Å². The summed E-state index contributed by atoms with van der Waals surface area (Å²) >= 11 is 0. The van der Waals surface area contributed by atoms with Crippen LogP contribution in [0.1, 0.15) is 39.5 Å². The third kappa shape index (κ3) is 4.63. The molecule has 2 fully saturated rings. The Kier molecular flexibility index (Phi) is 4.77. The molecule has 2 nitrogen and oxygen atoms in total. The van der Waals surface area contributed by atoms with Gasteiger partial charge in [-0.15, -0.1) is 0 Å². The monoisotopic (exact) mass is 278 g/mol. The molecule has 2 rings (SSSR count). The predicted molar refractivity (Wildman–Crippen MR) is 70.0 cm³/mol. The highest BCUT2D eigenvalue weighted by Crippen LogP contribution is 2.35. The summed E-state index contributed by atoms with van der Waals surface area (Å²) in [5, 5.41) is 3.59. The Morgan fingerprint density at radius 2 is 1.95 bits per heavy atom.